The van der Waals surface area contributed by atoms with Crippen LogP contribution in [0.15, 0.2) is 53.6 Å². The van der Waals surface area contributed by atoms with Crippen LogP contribution in [0.1, 0.15) is 0 Å². The van der Waals surface area contributed by atoms with Crippen molar-refractivity contribution in [3.05, 3.63) is 59.0 Å². The SMILES string of the molecule is CN1CCN(c2ccc(N)cc2)CC1.CN1CCN(c2ccc(N=[N+]=[N-])cc2)CC1. The third-order valence-electron chi connectivity index (χ3n) is 5.64. The Balaban J connectivity index is 0.000000172. The molecular weight excluding hydrogens is 376 g/mol. The summed E-state index contributed by atoms with van der Waals surface area (Å²) in [7, 11) is 4.31. The van der Waals surface area contributed by atoms with Crippen LogP contribution in [-0.4, -0.2) is 76.3 Å². The maximum Gasteiger partial charge on any atom is 0.0376 e. The van der Waals surface area contributed by atoms with E-state index in [1.165, 1.54) is 11.4 Å². The molecule has 2 fully saturated rings. The smallest absolute Gasteiger partial charge is 0.0376 e. The normalized spacial score (nSPS) is 17.7. The van der Waals surface area contributed by atoms with Gasteiger partial charge < -0.3 is 25.3 Å². The molecule has 2 saturated heterocycles. The Morgan fingerprint density at radius 1 is 0.700 bits per heavy atom. The number of hydrogen-bond donors (Lipinski definition) is 1. The van der Waals surface area contributed by atoms with Gasteiger partial charge in [-0.3, -0.25) is 0 Å². The van der Waals surface area contributed by atoms with Gasteiger partial charge in [-0.1, -0.05) is 17.2 Å². The number of hydrogen-bond acceptors (Lipinski definition) is 6. The standard InChI is InChI=1S/C11H15N5.C11H17N3/c1-15-6-8-16(9-7-15)11-4-2-10(3-5-11)13-14-12;1-13-6-8-14(9-7-13)11-4-2-10(12)3-5-11/h2-5H,6-9H2,1H3;2-5H,6-9,12H2,1H3. The van der Waals surface area contributed by atoms with Crippen LogP contribution in [0.2, 0.25) is 0 Å². The van der Waals surface area contributed by atoms with Crippen molar-refractivity contribution in [3.63, 3.8) is 0 Å². The Morgan fingerprint density at radius 3 is 1.50 bits per heavy atom. The first-order chi connectivity index (χ1) is 14.5. The largest absolute Gasteiger partial charge is 0.399 e. The molecule has 2 aromatic rings. The zero-order valence-electron chi connectivity index (χ0n) is 18.0. The first-order valence-electron chi connectivity index (χ1n) is 10.4. The average molecular weight is 409 g/mol. The number of benzene rings is 2. The highest BCUT2D eigenvalue weighted by atomic mass is 15.3. The Morgan fingerprint density at radius 2 is 1.10 bits per heavy atom. The lowest BCUT2D eigenvalue weighted by Gasteiger charge is -2.34. The van der Waals surface area contributed by atoms with Crippen molar-refractivity contribution in [2.75, 3.05) is 82.0 Å². The predicted octanol–water partition coefficient (Wildman–Crippen LogP) is 3.40. The summed E-state index contributed by atoms with van der Waals surface area (Å²) in [6, 6.07) is 15.9. The van der Waals surface area contributed by atoms with Gasteiger partial charge in [-0.15, -0.1) is 0 Å². The highest BCUT2D eigenvalue weighted by Crippen LogP contribution is 2.21. The average Bonchev–Trinajstić information content (AvgIpc) is 2.77. The summed E-state index contributed by atoms with van der Waals surface area (Å²) in [5.41, 5.74) is 17.9. The number of rotatable bonds is 3. The molecule has 30 heavy (non-hydrogen) atoms. The van der Waals surface area contributed by atoms with E-state index < -0.39 is 0 Å². The molecule has 2 aliphatic heterocycles. The predicted molar refractivity (Wildman–Crippen MR) is 126 cm³/mol. The van der Waals surface area contributed by atoms with Crippen molar-refractivity contribution in [2.24, 2.45) is 5.11 Å². The second-order valence-electron chi connectivity index (χ2n) is 7.88. The molecule has 0 aliphatic carbocycles. The molecule has 2 N–H and O–H groups in total. The first kappa shape index (κ1) is 21.8. The fourth-order valence-corrected chi connectivity index (χ4v) is 3.60. The van der Waals surface area contributed by atoms with E-state index in [9.17, 15) is 0 Å². The van der Waals surface area contributed by atoms with Crippen LogP contribution in [0.25, 0.3) is 10.4 Å². The molecule has 0 bridgehead atoms. The van der Waals surface area contributed by atoms with Crippen LogP contribution in [0.4, 0.5) is 22.7 Å². The van der Waals surface area contributed by atoms with Crippen LogP contribution in [0.3, 0.4) is 0 Å². The Hall–Kier alpha value is -2.93. The van der Waals surface area contributed by atoms with Crippen LogP contribution in [-0.2, 0) is 0 Å². The molecule has 2 heterocycles. The highest BCUT2D eigenvalue weighted by Gasteiger charge is 2.14. The molecule has 2 aromatic carbocycles. The number of anilines is 3. The van der Waals surface area contributed by atoms with Crippen LogP contribution >= 0.6 is 0 Å². The number of azide groups is 1. The van der Waals surface area contributed by atoms with Crippen molar-refractivity contribution in [3.8, 4) is 0 Å². The van der Waals surface area contributed by atoms with Crippen LogP contribution < -0.4 is 15.5 Å². The summed E-state index contributed by atoms with van der Waals surface area (Å²) >= 11 is 0. The second-order valence-corrected chi connectivity index (χ2v) is 7.88. The molecule has 0 amide bonds. The molecule has 0 unspecified atom stereocenters. The summed E-state index contributed by atoms with van der Waals surface area (Å²) in [4.78, 5) is 12.2. The third kappa shape index (κ3) is 6.29. The van der Waals surface area contributed by atoms with Crippen molar-refractivity contribution >= 4 is 22.7 Å². The zero-order valence-corrected chi connectivity index (χ0v) is 18.0. The van der Waals surface area contributed by atoms with E-state index in [1.54, 1.807) is 0 Å². The van der Waals surface area contributed by atoms with Gasteiger partial charge in [0.2, 0.25) is 0 Å². The number of nitrogens with two attached hydrogens (primary N) is 1. The van der Waals surface area contributed by atoms with E-state index >= 15 is 0 Å². The molecule has 4 rings (SSSR count). The van der Waals surface area contributed by atoms with Gasteiger partial charge in [0.05, 0.1) is 0 Å². The van der Waals surface area contributed by atoms with Gasteiger partial charge >= 0.3 is 0 Å². The first-order valence-corrected chi connectivity index (χ1v) is 10.4. The maximum atomic E-state index is 8.31. The Kier molecular flexibility index (Phi) is 7.79. The lowest BCUT2D eigenvalue weighted by atomic mass is 10.2. The minimum absolute atomic E-state index is 0.667. The Bertz CT molecular complexity index is 813. The molecule has 8 heteroatoms. The molecule has 0 spiro atoms. The molecule has 0 aromatic heterocycles. The number of nitrogen functional groups attached to an aromatic ring is 1. The van der Waals surface area contributed by atoms with Crippen molar-refractivity contribution in [2.45, 2.75) is 0 Å². The summed E-state index contributed by atoms with van der Waals surface area (Å²) in [5, 5.41) is 3.56. The fourth-order valence-electron chi connectivity index (χ4n) is 3.60. The summed E-state index contributed by atoms with van der Waals surface area (Å²) in [6.07, 6.45) is 0. The summed E-state index contributed by atoms with van der Waals surface area (Å²) in [6.45, 7) is 8.81. The second kappa shape index (κ2) is 10.7. The lowest BCUT2D eigenvalue weighted by Crippen LogP contribution is -2.44. The van der Waals surface area contributed by atoms with Crippen LogP contribution in [0, 0.1) is 0 Å². The minimum atomic E-state index is 0.667. The molecule has 8 nitrogen and oxygen atoms in total. The number of likely N-dealkylation sites (N-methyl/N-ethyl adjacent to an activating group) is 2. The topological polar surface area (TPSA) is 87.7 Å². The van der Waals surface area contributed by atoms with Crippen molar-refractivity contribution in [1.29, 1.82) is 0 Å². The summed E-state index contributed by atoms with van der Waals surface area (Å²) < 4.78 is 0. The van der Waals surface area contributed by atoms with E-state index in [1.807, 2.05) is 36.4 Å². The monoisotopic (exact) mass is 408 g/mol. The van der Waals surface area contributed by atoms with Crippen molar-refractivity contribution in [1.82, 2.24) is 9.80 Å². The fraction of sp³-hybridized carbons (Fsp3) is 0.455. The van der Waals surface area contributed by atoms with E-state index in [0.29, 0.717) is 5.69 Å². The maximum absolute atomic E-state index is 8.31. The number of piperazine rings is 2. The number of nitrogens with zero attached hydrogens (tertiary/aromatic N) is 7. The zero-order chi connectivity index (χ0) is 21.3. The highest BCUT2D eigenvalue weighted by molar-refractivity contribution is 5.54. The van der Waals surface area contributed by atoms with Gasteiger partial charge in [0.15, 0.2) is 0 Å². The van der Waals surface area contributed by atoms with Gasteiger partial charge in [0.1, 0.15) is 0 Å². The van der Waals surface area contributed by atoms with Gasteiger partial charge in [0.25, 0.3) is 0 Å². The van der Waals surface area contributed by atoms with E-state index in [2.05, 4.69) is 55.9 Å². The molecule has 0 radical (unpaired) electrons. The third-order valence-corrected chi connectivity index (χ3v) is 5.64. The van der Waals surface area contributed by atoms with Crippen LogP contribution in [0.5, 0.6) is 0 Å². The minimum Gasteiger partial charge on any atom is -0.399 e. The molecule has 0 saturated carbocycles. The molecule has 0 atom stereocenters. The van der Waals surface area contributed by atoms with E-state index in [0.717, 1.165) is 58.0 Å². The molecule has 2 aliphatic rings. The quantitative estimate of drug-likeness (QED) is 0.364. The van der Waals surface area contributed by atoms with Gasteiger partial charge in [0, 0.05) is 80.0 Å². The van der Waals surface area contributed by atoms with Crippen molar-refractivity contribution < 1.29 is 0 Å². The van der Waals surface area contributed by atoms with E-state index in [-0.39, 0.29) is 0 Å². The van der Waals surface area contributed by atoms with Gasteiger partial charge in [-0.25, -0.2) is 0 Å². The van der Waals surface area contributed by atoms with Gasteiger partial charge in [-0.05, 0) is 56.0 Å². The summed E-state index contributed by atoms with van der Waals surface area (Å²) in [5.74, 6) is 0. The molecular formula is C22H32N8. The van der Waals surface area contributed by atoms with Gasteiger partial charge in [-0.2, -0.15) is 0 Å². The van der Waals surface area contributed by atoms with E-state index in [4.69, 9.17) is 11.3 Å². The Labute approximate surface area is 179 Å². The lowest BCUT2D eigenvalue weighted by molar-refractivity contribution is 0.313. The molecule has 160 valence electrons.